The Labute approximate surface area is 198 Å². The highest BCUT2D eigenvalue weighted by Crippen LogP contribution is 2.37. The number of rotatable bonds is 5. The maximum atomic E-state index is 13.7. The smallest absolute Gasteiger partial charge is 0.282 e. The van der Waals surface area contributed by atoms with Gasteiger partial charge in [-0.2, -0.15) is 0 Å². The summed E-state index contributed by atoms with van der Waals surface area (Å²) >= 11 is 0. The number of ether oxygens (including phenoxy) is 1. The minimum absolute atomic E-state index is 0.0150. The van der Waals surface area contributed by atoms with E-state index >= 15 is 0 Å². The third-order valence-electron chi connectivity index (χ3n) is 6.11. The summed E-state index contributed by atoms with van der Waals surface area (Å²) in [4.78, 5) is 30.6. The van der Waals surface area contributed by atoms with Gasteiger partial charge in [0, 0.05) is 13.1 Å². The zero-order valence-corrected chi connectivity index (χ0v) is 19.1. The predicted molar refractivity (Wildman–Crippen MR) is 129 cm³/mol. The van der Waals surface area contributed by atoms with Crippen LogP contribution < -0.4 is 9.64 Å². The zero-order chi connectivity index (χ0) is 23.8. The van der Waals surface area contributed by atoms with Gasteiger partial charge in [0.2, 0.25) is 0 Å². The van der Waals surface area contributed by atoms with Crippen molar-refractivity contribution in [1.82, 2.24) is 4.90 Å². The fraction of sp³-hybridized carbons (Fsp3) is 0.214. The van der Waals surface area contributed by atoms with Crippen LogP contribution >= 0.6 is 0 Å². The van der Waals surface area contributed by atoms with Gasteiger partial charge in [-0.25, -0.2) is 9.29 Å². The highest BCUT2D eigenvalue weighted by Gasteiger charge is 2.43. The Bertz CT molecular complexity index is 1280. The molecule has 0 aromatic heterocycles. The maximum Gasteiger partial charge on any atom is 0.282 e. The normalized spacial score (nSPS) is 15.9. The first-order valence-electron chi connectivity index (χ1n) is 11.4. The van der Waals surface area contributed by atoms with Crippen molar-refractivity contribution in [2.45, 2.75) is 32.9 Å². The number of nitrogens with zero attached hydrogens (tertiary/aromatic N) is 2. The van der Waals surface area contributed by atoms with Crippen molar-refractivity contribution in [3.8, 4) is 5.75 Å². The number of amides is 2. The van der Waals surface area contributed by atoms with E-state index in [1.54, 1.807) is 36.4 Å². The van der Waals surface area contributed by atoms with Crippen LogP contribution in [0.15, 0.2) is 78.5 Å². The van der Waals surface area contributed by atoms with Crippen LogP contribution in [0, 0.1) is 5.82 Å². The van der Waals surface area contributed by atoms with E-state index in [1.807, 2.05) is 36.9 Å². The summed E-state index contributed by atoms with van der Waals surface area (Å²) in [6.07, 6.45) is 0.792. The molecule has 3 aromatic carbocycles. The molecule has 2 aliphatic rings. The van der Waals surface area contributed by atoms with Crippen LogP contribution in [0.4, 0.5) is 10.1 Å². The van der Waals surface area contributed by atoms with Crippen LogP contribution in [0.5, 0.6) is 5.75 Å². The summed E-state index contributed by atoms with van der Waals surface area (Å²) < 4.78 is 19.3. The maximum absolute atomic E-state index is 13.7. The highest BCUT2D eigenvalue weighted by molar-refractivity contribution is 6.45. The fourth-order valence-electron chi connectivity index (χ4n) is 4.56. The third kappa shape index (κ3) is 3.96. The van der Waals surface area contributed by atoms with Gasteiger partial charge in [-0.1, -0.05) is 36.4 Å². The molecule has 0 aliphatic carbocycles. The molecule has 6 heteroatoms. The summed E-state index contributed by atoms with van der Waals surface area (Å²) in [6.45, 7) is 5.02. The van der Waals surface area contributed by atoms with E-state index in [1.165, 1.54) is 22.6 Å². The van der Waals surface area contributed by atoms with Crippen molar-refractivity contribution in [2.24, 2.45) is 0 Å². The standard InChI is InChI=1S/C28H25FN2O3/c1-18(2)34-24-13-11-23(12-14-24)31-27(32)25(20-7-9-22(29)10-8-20)26(28(31)33)30-16-15-19-5-3-4-6-21(19)17-30/h3-14,18H,15-17H2,1-2H3. The molecule has 34 heavy (non-hydrogen) atoms. The van der Waals surface area contributed by atoms with Crippen molar-refractivity contribution in [1.29, 1.82) is 0 Å². The van der Waals surface area contributed by atoms with Crippen molar-refractivity contribution in [2.75, 3.05) is 11.4 Å². The molecule has 0 saturated heterocycles. The van der Waals surface area contributed by atoms with Crippen LogP contribution in [-0.2, 0) is 22.6 Å². The number of fused-ring (bicyclic) bond motifs is 1. The molecule has 2 heterocycles. The second kappa shape index (κ2) is 8.78. The lowest BCUT2D eigenvalue weighted by atomic mass is 9.98. The lowest BCUT2D eigenvalue weighted by Crippen LogP contribution is -2.37. The lowest BCUT2D eigenvalue weighted by Gasteiger charge is -2.31. The van der Waals surface area contributed by atoms with Gasteiger partial charge in [-0.05, 0) is 73.4 Å². The number of benzene rings is 3. The topological polar surface area (TPSA) is 49.9 Å². The predicted octanol–water partition coefficient (Wildman–Crippen LogP) is 4.96. The van der Waals surface area contributed by atoms with Crippen LogP contribution in [0.3, 0.4) is 0 Å². The molecule has 2 amide bonds. The number of hydrogen-bond acceptors (Lipinski definition) is 4. The van der Waals surface area contributed by atoms with Crippen LogP contribution in [-0.4, -0.2) is 29.4 Å². The monoisotopic (exact) mass is 456 g/mol. The second-order valence-electron chi connectivity index (χ2n) is 8.78. The molecule has 5 nitrogen and oxygen atoms in total. The Morgan fingerprint density at radius 3 is 2.21 bits per heavy atom. The van der Waals surface area contributed by atoms with Gasteiger partial charge < -0.3 is 9.64 Å². The molecule has 0 atom stereocenters. The average Bonchev–Trinajstić information content (AvgIpc) is 3.09. The average molecular weight is 457 g/mol. The van der Waals surface area contributed by atoms with Crippen molar-refractivity contribution >= 4 is 23.1 Å². The van der Waals surface area contributed by atoms with Crippen LogP contribution in [0.25, 0.3) is 5.57 Å². The Kier molecular flexibility index (Phi) is 5.65. The molecule has 2 aliphatic heterocycles. The third-order valence-corrected chi connectivity index (χ3v) is 6.11. The van der Waals surface area contributed by atoms with Gasteiger partial charge in [0.15, 0.2) is 0 Å². The van der Waals surface area contributed by atoms with Crippen LogP contribution in [0.2, 0.25) is 0 Å². The van der Waals surface area contributed by atoms with E-state index in [0.717, 1.165) is 12.0 Å². The van der Waals surface area contributed by atoms with Crippen LogP contribution in [0.1, 0.15) is 30.5 Å². The van der Waals surface area contributed by atoms with E-state index in [-0.39, 0.29) is 12.0 Å². The minimum Gasteiger partial charge on any atom is -0.491 e. The molecule has 5 rings (SSSR count). The number of carbonyl (C=O) groups excluding carboxylic acids is 2. The first-order valence-corrected chi connectivity index (χ1v) is 11.4. The SMILES string of the molecule is CC(C)Oc1ccc(N2C(=O)C(c3ccc(F)cc3)=C(N3CCc4ccccc4C3)C2=O)cc1. The number of hydrogen-bond donors (Lipinski definition) is 0. The number of halogens is 1. The number of carbonyl (C=O) groups is 2. The molecule has 0 radical (unpaired) electrons. The minimum atomic E-state index is -0.414. The van der Waals surface area contributed by atoms with Gasteiger partial charge in [0.25, 0.3) is 11.8 Å². The van der Waals surface area contributed by atoms with E-state index in [4.69, 9.17) is 4.74 Å². The first kappa shape index (κ1) is 21.9. The fourth-order valence-corrected chi connectivity index (χ4v) is 4.56. The van der Waals surface area contributed by atoms with Crippen molar-refractivity contribution in [3.63, 3.8) is 0 Å². The molecule has 0 N–H and O–H groups in total. The lowest BCUT2D eigenvalue weighted by molar-refractivity contribution is -0.120. The van der Waals surface area contributed by atoms with Crippen molar-refractivity contribution in [3.05, 3.63) is 101 Å². The number of anilines is 1. The molecule has 172 valence electrons. The van der Waals surface area contributed by atoms with Gasteiger partial charge in [-0.3, -0.25) is 9.59 Å². The summed E-state index contributed by atoms with van der Waals surface area (Å²) in [5.74, 6) is -0.520. The second-order valence-corrected chi connectivity index (χ2v) is 8.78. The molecule has 0 spiro atoms. The quantitative estimate of drug-likeness (QED) is 0.510. The van der Waals surface area contributed by atoms with Gasteiger partial charge in [0.05, 0.1) is 17.4 Å². The molecule has 0 unspecified atom stereocenters. The zero-order valence-electron chi connectivity index (χ0n) is 19.1. The first-order chi connectivity index (χ1) is 16.4. The Hall–Kier alpha value is -3.93. The van der Waals surface area contributed by atoms with Gasteiger partial charge >= 0.3 is 0 Å². The Morgan fingerprint density at radius 2 is 1.53 bits per heavy atom. The molecular weight excluding hydrogens is 431 g/mol. The summed E-state index contributed by atoms with van der Waals surface area (Å²) in [6, 6.07) is 20.8. The molecular formula is C28H25FN2O3. The van der Waals surface area contributed by atoms with Gasteiger partial charge in [0.1, 0.15) is 17.3 Å². The summed E-state index contributed by atoms with van der Waals surface area (Å²) in [5, 5.41) is 0. The van der Waals surface area contributed by atoms with Crippen molar-refractivity contribution < 1.29 is 18.7 Å². The van der Waals surface area contributed by atoms with Gasteiger partial charge in [-0.15, -0.1) is 0 Å². The van der Waals surface area contributed by atoms with E-state index in [0.29, 0.717) is 41.4 Å². The molecule has 0 saturated carbocycles. The summed E-state index contributed by atoms with van der Waals surface area (Å²) in [7, 11) is 0. The highest BCUT2D eigenvalue weighted by atomic mass is 19.1. The van der Waals surface area contributed by atoms with E-state index in [2.05, 4.69) is 6.07 Å². The molecule has 0 fully saturated rings. The Balaban J connectivity index is 1.55. The summed E-state index contributed by atoms with van der Waals surface area (Å²) in [5.41, 5.74) is 4.03. The molecule has 3 aromatic rings. The largest absolute Gasteiger partial charge is 0.491 e. The van der Waals surface area contributed by atoms with E-state index < -0.39 is 11.7 Å². The van der Waals surface area contributed by atoms with E-state index in [9.17, 15) is 14.0 Å². The Morgan fingerprint density at radius 1 is 0.853 bits per heavy atom. The molecule has 0 bridgehead atoms. The number of imide groups is 1.